The zero-order valence-electron chi connectivity index (χ0n) is 21.6. The number of nitrogens with one attached hydrogen (secondary N) is 2. The van der Waals surface area contributed by atoms with Gasteiger partial charge in [0.1, 0.15) is 5.75 Å². The molecule has 0 unspecified atom stereocenters. The van der Waals surface area contributed by atoms with E-state index in [1.165, 1.54) is 6.21 Å². The first kappa shape index (κ1) is 30.5. The number of halogens is 3. The molecule has 206 valence electrons. The summed E-state index contributed by atoms with van der Waals surface area (Å²) in [5, 5.41) is 7.37. The van der Waals surface area contributed by atoms with Crippen molar-refractivity contribution >= 4 is 67.2 Å². The van der Waals surface area contributed by atoms with E-state index >= 15 is 0 Å². The molecule has 0 fully saturated rings. The molecule has 3 aromatic carbocycles. The van der Waals surface area contributed by atoms with Gasteiger partial charge in [-0.05, 0) is 106 Å². The standard InChI is InChI=1S/C28H28Br2ClN3O5/c1-4-10-38-24-9-7-19(13-25(24)37-5-2)28(36)34-32-15-18-11-21(29)27(22(30)12-18)39-16-26(35)33-20-8-6-17(3)23(31)14-20/h6-9,11-15H,4-5,10,16H2,1-3H3,(H,33,35)(H,34,36)/b32-15+. The molecule has 0 radical (unpaired) electrons. The first-order valence-electron chi connectivity index (χ1n) is 12.1. The van der Waals surface area contributed by atoms with Crippen LogP contribution in [0.25, 0.3) is 0 Å². The van der Waals surface area contributed by atoms with Crippen LogP contribution >= 0.6 is 43.5 Å². The van der Waals surface area contributed by atoms with Crippen LogP contribution in [0.3, 0.4) is 0 Å². The second kappa shape index (κ2) is 14.9. The van der Waals surface area contributed by atoms with E-state index in [2.05, 4.69) is 47.7 Å². The van der Waals surface area contributed by atoms with E-state index in [9.17, 15) is 9.59 Å². The third-order valence-corrected chi connectivity index (χ3v) is 6.76. The molecule has 0 bridgehead atoms. The minimum Gasteiger partial charge on any atom is -0.490 e. The molecule has 0 aromatic heterocycles. The van der Waals surface area contributed by atoms with E-state index in [-0.39, 0.29) is 12.5 Å². The molecule has 39 heavy (non-hydrogen) atoms. The first-order valence-corrected chi connectivity index (χ1v) is 14.1. The third kappa shape index (κ3) is 8.98. The van der Waals surface area contributed by atoms with Crippen molar-refractivity contribution in [3.05, 3.63) is 79.2 Å². The molecule has 11 heteroatoms. The number of hydrogen-bond acceptors (Lipinski definition) is 6. The second-order valence-corrected chi connectivity index (χ2v) is 10.4. The van der Waals surface area contributed by atoms with Crippen LogP contribution in [-0.4, -0.2) is 37.8 Å². The van der Waals surface area contributed by atoms with Crippen LogP contribution in [0.5, 0.6) is 17.2 Å². The molecule has 0 aliphatic rings. The van der Waals surface area contributed by atoms with Crippen molar-refractivity contribution in [1.29, 1.82) is 0 Å². The largest absolute Gasteiger partial charge is 0.490 e. The predicted molar refractivity (Wildman–Crippen MR) is 161 cm³/mol. The van der Waals surface area contributed by atoms with E-state index in [0.29, 0.717) is 61.2 Å². The highest BCUT2D eigenvalue weighted by Crippen LogP contribution is 2.34. The Labute approximate surface area is 249 Å². The smallest absolute Gasteiger partial charge is 0.271 e. The molecular formula is C28H28Br2ClN3O5. The van der Waals surface area contributed by atoms with Crippen molar-refractivity contribution in [1.82, 2.24) is 5.43 Å². The molecule has 0 saturated carbocycles. The lowest BCUT2D eigenvalue weighted by Gasteiger charge is -2.12. The molecular weight excluding hydrogens is 654 g/mol. The quantitative estimate of drug-likeness (QED) is 0.157. The number of nitrogens with zero attached hydrogens (tertiary/aromatic N) is 1. The predicted octanol–water partition coefficient (Wildman–Crippen LogP) is 7.14. The molecule has 0 spiro atoms. The van der Waals surface area contributed by atoms with Gasteiger partial charge < -0.3 is 19.5 Å². The number of ether oxygens (including phenoxy) is 3. The van der Waals surface area contributed by atoms with Gasteiger partial charge >= 0.3 is 0 Å². The Bertz CT molecular complexity index is 1340. The number of carbonyl (C=O) groups excluding carboxylic acids is 2. The van der Waals surface area contributed by atoms with Gasteiger partial charge in [-0.25, -0.2) is 5.43 Å². The Balaban J connectivity index is 1.59. The van der Waals surface area contributed by atoms with Crippen molar-refractivity contribution in [2.24, 2.45) is 5.10 Å². The first-order chi connectivity index (χ1) is 18.7. The van der Waals surface area contributed by atoms with Crippen LogP contribution in [0.15, 0.2) is 62.6 Å². The summed E-state index contributed by atoms with van der Waals surface area (Å²) in [6, 6.07) is 13.8. The van der Waals surface area contributed by atoms with Crippen LogP contribution in [0.4, 0.5) is 5.69 Å². The minimum atomic E-state index is -0.395. The summed E-state index contributed by atoms with van der Waals surface area (Å²) < 4.78 is 18.2. The fourth-order valence-corrected chi connectivity index (χ4v) is 4.91. The number of amides is 2. The summed E-state index contributed by atoms with van der Waals surface area (Å²) in [5.41, 5.74) is 5.08. The number of aryl methyl sites for hydroxylation is 1. The molecule has 2 amide bonds. The van der Waals surface area contributed by atoms with Gasteiger partial charge in [0.15, 0.2) is 18.1 Å². The highest BCUT2D eigenvalue weighted by atomic mass is 79.9. The fraction of sp³-hybridized carbons (Fsp3) is 0.250. The third-order valence-electron chi connectivity index (χ3n) is 5.17. The molecule has 3 aromatic rings. The zero-order valence-corrected chi connectivity index (χ0v) is 25.6. The number of hydrogen-bond donors (Lipinski definition) is 2. The number of benzene rings is 3. The Morgan fingerprint density at radius 2 is 1.72 bits per heavy atom. The SMILES string of the molecule is CCCOc1ccc(C(=O)N/N=C/c2cc(Br)c(OCC(=O)Nc3ccc(C)c(Cl)c3)c(Br)c2)cc1OCC. The molecule has 0 aliphatic carbocycles. The van der Waals surface area contributed by atoms with E-state index in [0.717, 1.165) is 12.0 Å². The summed E-state index contributed by atoms with van der Waals surface area (Å²) >= 11 is 13.0. The maximum atomic E-state index is 12.6. The Kier molecular flexibility index (Phi) is 11.6. The maximum Gasteiger partial charge on any atom is 0.271 e. The monoisotopic (exact) mass is 679 g/mol. The van der Waals surface area contributed by atoms with Crippen molar-refractivity contribution in [3.8, 4) is 17.2 Å². The Hall–Kier alpha value is -3.08. The molecule has 0 heterocycles. The van der Waals surface area contributed by atoms with Gasteiger partial charge in [-0.1, -0.05) is 24.6 Å². The average Bonchev–Trinajstić information content (AvgIpc) is 2.89. The normalized spacial score (nSPS) is 10.8. The topological polar surface area (TPSA) is 98.3 Å². The summed E-state index contributed by atoms with van der Waals surface area (Å²) in [4.78, 5) is 24.9. The molecule has 2 N–H and O–H groups in total. The van der Waals surface area contributed by atoms with E-state index < -0.39 is 5.91 Å². The van der Waals surface area contributed by atoms with Gasteiger partial charge in [0, 0.05) is 16.3 Å². The average molecular weight is 682 g/mol. The number of rotatable bonds is 12. The van der Waals surface area contributed by atoms with Gasteiger partial charge in [-0.3, -0.25) is 9.59 Å². The number of anilines is 1. The van der Waals surface area contributed by atoms with Crippen molar-refractivity contribution in [2.75, 3.05) is 25.1 Å². The highest BCUT2D eigenvalue weighted by molar-refractivity contribution is 9.11. The Morgan fingerprint density at radius 3 is 2.38 bits per heavy atom. The van der Waals surface area contributed by atoms with Crippen molar-refractivity contribution in [3.63, 3.8) is 0 Å². The molecule has 8 nitrogen and oxygen atoms in total. The lowest BCUT2D eigenvalue weighted by Crippen LogP contribution is -2.20. The molecule has 0 aliphatic heterocycles. The highest BCUT2D eigenvalue weighted by Gasteiger charge is 2.13. The second-order valence-electron chi connectivity index (χ2n) is 8.26. The van der Waals surface area contributed by atoms with Crippen LogP contribution in [-0.2, 0) is 4.79 Å². The summed E-state index contributed by atoms with van der Waals surface area (Å²) in [6.45, 7) is 6.56. The Morgan fingerprint density at radius 1 is 0.974 bits per heavy atom. The van der Waals surface area contributed by atoms with Gasteiger partial charge in [0.2, 0.25) is 0 Å². The van der Waals surface area contributed by atoms with Crippen molar-refractivity contribution in [2.45, 2.75) is 27.2 Å². The molecule has 0 atom stereocenters. The number of hydrazone groups is 1. The lowest BCUT2D eigenvalue weighted by atomic mass is 10.2. The van der Waals surface area contributed by atoms with Gasteiger partial charge in [0.05, 0.1) is 28.4 Å². The summed E-state index contributed by atoms with van der Waals surface area (Å²) in [6.07, 6.45) is 2.36. The van der Waals surface area contributed by atoms with Gasteiger partial charge in [-0.15, -0.1) is 0 Å². The maximum absolute atomic E-state index is 12.6. The van der Waals surface area contributed by atoms with Crippen molar-refractivity contribution < 1.29 is 23.8 Å². The van der Waals surface area contributed by atoms with E-state index in [4.69, 9.17) is 25.8 Å². The molecule has 0 saturated heterocycles. The van der Waals surface area contributed by atoms with E-state index in [1.807, 2.05) is 26.8 Å². The summed E-state index contributed by atoms with van der Waals surface area (Å²) in [7, 11) is 0. The number of carbonyl (C=O) groups is 2. The van der Waals surface area contributed by atoms with Gasteiger partial charge in [-0.2, -0.15) is 5.10 Å². The summed E-state index contributed by atoms with van der Waals surface area (Å²) in [5.74, 6) is 0.810. The van der Waals surface area contributed by atoms with Crippen LogP contribution in [0.1, 0.15) is 41.8 Å². The van der Waals surface area contributed by atoms with Crippen LogP contribution in [0.2, 0.25) is 5.02 Å². The van der Waals surface area contributed by atoms with Gasteiger partial charge in [0.25, 0.3) is 11.8 Å². The van der Waals surface area contributed by atoms with Crippen LogP contribution < -0.4 is 25.0 Å². The minimum absolute atomic E-state index is 0.210. The van der Waals surface area contributed by atoms with Crippen LogP contribution in [0, 0.1) is 6.92 Å². The molecule has 3 rings (SSSR count). The lowest BCUT2D eigenvalue weighted by molar-refractivity contribution is -0.118. The zero-order chi connectivity index (χ0) is 28.4. The fourth-order valence-electron chi connectivity index (χ4n) is 3.28. The van der Waals surface area contributed by atoms with E-state index in [1.54, 1.807) is 42.5 Å².